The Balaban J connectivity index is 1.04. The summed E-state index contributed by atoms with van der Waals surface area (Å²) in [6.07, 6.45) is 9.41. The quantitative estimate of drug-likeness (QED) is 0.190. The van der Waals surface area contributed by atoms with E-state index in [0.29, 0.717) is 42.3 Å². The van der Waals surface area contributed by atoms with Gasteiger partial charge in [0, 0.05) is 56.9 Å². The van der Waals surface area contributed by atoms with Crippen molar-refractivity contribution in [1.29, 1.82) is 0 Å². The highest BCUT2D eigenvalue weighted by molar-refractivity contribution is 6.13. The Morgan fingerprint density at radius 1 is 0.918 bits per heavy atom. The average molecular weight is 668 g/mol. The zero-order chi connectivity index (χ0) is 34.5. The smallest absolute Gasteiger partial charge is 0.306 e. The van der Waals surface area contributed by atoms with E-state index < -0.39 is 5.60 Å². The van der Waals surface area contributed by atoms with Crippen LogP contribution in [0.2, 0.25) is 0 Å². The lowest BCUT2D eigenvalue weighted by Gasteiger charge is -2.34. The van der Waals surface area contributed by atoms with Gasteiger partial charge in [-0.25, -0.2) is 4.98 Å². The normalized spacial score (nSPS) is 17.1. The number of carbonyl (C=O) groups is 3. The lowest BCUT2D eigenvalue weighted by atomic mass is 10.1. The van der Waals surface area contributed by atoms with Gasteiger partial charge in [-0.05, 0) is 89.4 Å². The molecular weight excluding hydrogens is 618 g/mol. The maximum Gasteiger partial charge on any atom is 0.306 e. The van der Waals surface area contributed by atoms with E-state index in [1.807, 2.05) is 74.2 Å². The topological polar surface area (TPSA) is 111 Å². The minimum atomic E-state index is -0.433. The third-order valence-electron chi connectivity index (χ3n) is 9.55. The number of fused-ring (bicyclic) bond motifs is 2. The van der Waals surface area contributed by atoms with Crippen LogP contribution in [0, 0.1) is 0 Å². The number of carbonyl (C=O) groups excluding carboxylic acids is 3. The molecule has 1 aliphatic carbocycles. The Kier molecular flexibility index (Phi) is 10.5. The number of esters is 1. The summed E-state index contributed by atoms with van der Waals surface area (Å²) in [6.45, 7) is 9.72. The van der Waals surface area contributed by atoms with Crippen LogP contribution in [0.3, 0.4) is 0 Å². The minimum Gasteiger partial charge on any atom is -0.460 e. The van der Waals surface area contributed by atoms with Gasteiger partial charge in [-0.1, -0.05) is 31.4 Å². The van der Waals surface area contributed by atoms with Gasteiger partial charge in [0.15, 0.2) is 5.82 Å². The summed E-state index contributed by atoms with van der Waals surface area (Å²) in [5, 5.41) is 3.32. The molecule has 0 unspecified atom stereocenters. The average Bonchev–Trinajstić information content (AvgIpc) is 3.59. The number of benzene rings is 2. The number of amides is 2. The third kappa shape index (κ3) is 8.21. The van der Waals surface area contributed by atoms with Gasteiger partial charge in [0.25, 0.3) is 11.8 Å². The van der Waals surface area contributed by atoms with E-state index in [-0.39, 0.29) is 23.8 Å². The van der Waals surface area contributed by atoms with Crippen molar-refractivity contribution in [1.82, 2.24) is 19.8 Å². The number of piperazine rings is 1. The van der Waals surface area contributed by atoms with Gasteiger partial charge >= 0.3 is 5.97 Å². The zero-order valence-corrected chi connectivity index (χ0v) is 29.3. The summed E-state index contributed by atoms with van der Waals surface area (Å²) >= 11 is 0. The lowest BCUT2D eigenvalue weighted by molar-refractivity contribution is -0.154. The van der Waals surface area contributed by atoms with Crippen LogP contribution in [0.5, 0.6) is 0 Å². The summed E-state index contributed by atoms with van der Waals surface area (Å²) < 4.78 is 5.39. The lowest BCUT2D eigenvalue weighted by Crippen LogP contribution is -2.48. The molecule has 0 radical (unpaired) electrons. The van der Waals surface area contributed by atoms with Gasteiger partial charge in [0.2, 0.25) is 5.95 Å². The maximum absolute atomic E-state index is 13.4. The Hall–Kier alpha value is -4.51. The first kappa shape index (κ1) is 34.4. The molecule has 1 saturated heterocycles. The predicted molar refractivity (Wildman–Crippen MR) is 192 cm³/mol. The summed E-state index contributed by atoms with van der Waals surface area (Å²) in [5.41, 5.74) is 3.22. The summed E-state index contributed by atoms with van der Waals surface area (Å²) in [7, 11) is 1.78. The Morgan fingerprint density at radius 2 is 1.63 bits per heavy atom. The molecule has 0 atom stereocenters. The molecule has 11 heteroatoms. The monoisotopic (exact) mass is 667 g/mol. The Labute approximate surface area is 289 Å². The molecule has 49 heavy (non-hydrogen) atoms. The van der Waals surface area contributed by atoms with Gasteiger partial charge < -0.3 is 24.8 Å². The fourth-order valence-electron chi connectivity index (χ4n) is 7.00. The van der Waals surface area contributed by atoms with Crippen LogP contribution in [0.1, 0.15) is 92.9 Å². The minimum absolute atomic E-state index is 0.0309. The number of nitrogens with one attached hydrogen (secondary N) is 1. The molecule has 260 valence electrons. The first-order chi connectivity index (χ1) is 23.6. The molecule has 2 aromatic carbocycles. The van der Waals surface area contributed by atoms with E-state index in [0.717, 1.165) is 81.8 Å². The number of hydrogen-bond acceptors (Lipinski definition) is 9. The first-order valence-corrected chi connectivity index (χ1v) is 17.7. The second kappa shape index (κ2) is 14.9. The number of anilines is 5. The van der Waals surface area contributed by atoms with E-state index in [2.05, 4.69) is 20.1 Å². The Bertz CT molecular complexity index is 1640. The second-order valence-corrected chi connectivity index (χ2v) is 14.3. The van der Waals surface area contributed by atoms with Gasteiger partial charge in [-0.2, -0.15) is 4.98 Å². The molecule has 3 heterocycles. The summed E-state index contributed by atoms with van der Waals surface area (Å²) in [4.78, 5) is 56.4. The molecule has 3 aliphatic rings. The van der Waals surface area contributed by atoms with Crippen molar-refractivity contribution >= 4 is 46.6 Å². The summed E-state index contributed by atoms with van der Waals surface area (Å²) in [6, 6.07) is 15.5. The Morgan fingerprint density at radius 3 is 2.35 bits per heavy atom. The predicted octanol–water partition coefficient (Wildman–Crippen LogP) is 6.55. The van der Waals surface area contributed by atoms with Crippen molar-refractivity contribution in [3.05, 3.63) is 65.9 Å². The van der Waals surface area contributed by atoms with Gasteiger partial charge in [-0.15, -0.1) is 0 Å². The van der Waals surface area contributed by atoms with Crippen molar-refractivity contribution in [2.75, 3.05) is 54.9 Å². The molecule has 1 N–H and O–H groups in total. The van der Waals surface area contributed by atoms with Crippen LogP contribution >= 0.6 is 0 Å². The molecule has 2 aliphatic heterocycles. The first-order valence-electron chi connectivity index (χ1n) is 17.7. The number of ether oxygens (including phenoxy) is 1. The molecule has 2 fully saturated rings. The van der Waals surface area contributed by atoms with E-state index in [1.165, 1.54) is 0 Å². The SMILES string of the molecule is CN1C(=O)c2ccccc2N(C2CCCC2)c2nc(Nc3ccc(C(=O)N4CCN(CCCCCC(=O)OC(C)(C)C)CC4)cc3)ncc21. The molecule has 2 amide bonds. The molecule has 11 nitrogen and oxygen atoms in total. The number of rotatable bonds is 10. The molecule has 3 aromatic rings. The zero-order valence-electron chi connectivity index (χ0n) is 29.3. The largest absolute Gasteiger partial charge is 0.460 e. The molecule has 0 spiro atoms. The van der Waals surface area contributed by atoms with Crippen LogP contribution < -0.4 is 15.1 Å². The second-order valence-electron chi connectivity index (χ2n) is 14.3. The van der Waals surface area contributed by atoms with Gasteiger partial charge in [0.1, 0.15) is 11.3 Å². The fourth-order valence-corrected chi connectivity index (χ4v) is 7.00. The van der Waals surface area contributed by atoms with E-state index in [4.69, 9.17) is 9.72 Å². The van der Waals surface area contributed by atoms with Crippen LogP contribution in [0.25, 0.3) is 0 Å². The highest BCUT2D eigenvalue weighted by Gasteiger charge is 2.35. The van der Waals surface area contributed by atoms with Crippen molar-refractivity contribution in [2.45, 2.75) is 83.8 Å². The number of nitrogens with zero attached hydrogens (tertiary/aromatic N) is 6. The highest BCUT2D eigenvalue weighted by atomic mass is 16.6. The van der Waals surface area contributed by atoms with E-state index >= 15 is 0 Å². The molecule has 1 saturated carbocycles. The highest BCUT2D eigenvalue weighted by Crippen LogP contribution is 2.43. The summed E-state index contributed by atoms with van der Waals surface area (Å²) in [5.74, 6) is 0.979. The van der Waals surface area contributed by atoms with Crippen molar-refractivity contribution in [3.63, 3.8) is 0 Å². The van der Waals surface area contributed by atoms with E-state index in [9.17, 15) is 14.4 Å². The van der Waals surface area contributed by atoms with Crippen LogP contribution in [0.4, 0.5) is 28.8 Å². The molecule has 1 aromatic heterocycles. The maximum atomic E-state index is 13.4. The van der Waals surface area contributed by atoms with Crippen LogP contribution in [-0.4, -0.2) is 89.0 Å². The van der Waals surface area contributed by atoms with Crippen LogP contribution in [-0.2, 0) is 9.53 Å². The third-order valence-corrected chi connectivity index (χ3v) is 9.55. The molecular formula is C38H49N7O4. The van der Waals surface area contributed by atoms with Gasteiger partial charge in [0.05, 0.1) is 17.4 Å². The van der Waals surface area contributed by atoms with Gasteiger partial charge in [-0.3, -0.25) is 19.3 Å². The van der Waals surface area contributed by atoms with Crippen molar-refractivity contribution in [3.8, 4) is 0 Å². The number of unbranched alkanes of at least 4 members (excludes halogenated alkanes) is 2. The number of aromatic nitrogens is 2. The van der Waals surface area contributed by atoms with E-state index in [1.54, 1.807) is 18.1 Å². The fraction of sp³-hybridized carbons (Fsp3) is 0.500. The molecule has 6 rings (SSSR count). The number of hydrogen-bond donors (Lipinski definition) is 1. The molecule has 0 bridgehead atoms. The van der Waals surface area contributed by atoms with Crippen molar-refractivity contribution < 1.29 is 19.1 Å². The standard InChI is InChI=1S/C38H49N7O4/c1-38(2,3)49-33(46)16-6-5-11-21-43-22-24-44(25-23-43)35(47)27-17-19-28(20-18-27)40-37-39-26-32-34(41-37)45(29-12-7-8-13-29)31-15-10-9-14-30(31)36(48)42(32)4/h9-10,14-15,17-20,26,29H,5-8,11-13,16,21-25H2,1-4H3,(H,39,40,41). The van der Waals surface area contributed by atoms with Crippen molar-refractivity contribution in [2.24, 2.45) is 0 Å². The number of para-hydroxylation sites is 1. The van der Waals surface area contributed by atoms with Crippen LogP contribution in [0.15, 0.2) is 54.7 Å².